The summed E-state index contributed by atoms with van der Waals surface area (Å²) in [5.74, 6) is -1.36. The maximum atomic E-state index is 9.81. The summed E-state index contributed by atoms with van der Waals surface area (Å²) < 4.78 is 4.25. The van der Waals surface area contributed by atoms with E-state index in [1.807, 2.05) is 0 Å². The van der Waals surface area contributed by atoms with Gasteiger partial charge in [0.15, 0.2) is 0 Å². The molecule has 0 aliphatic rings. The van der Waals surface area contributed by atoms with Crippen molar-refractivity contribution in [1.29, 1.82) is 0 Å². The third-order valence-electron chi connectivity index (χ3n) is 0.660. The van der Waals surface area contributed by atoms with Crippen molar-refractivity contribution in [3.8, 4) is 0 Å². The number of rotatable bonds is 3. The van der Waals surface area contributed by atoms with Gasteiger partial charge in [-0.25, -0.2) is 0 Å². The van der Waals surface area contributed by atoms with E-state index in [0.717, 1.165) is 6.08 Å². The van der Waals surface area contributed by atoms with Crippen LogP contribution in [0.4, 0.5) is 0 Å². The molecule has 0 atom stereocenters. The van der Waals surface area contributed by atoms with Crippen molar-refractivity contribution in [3.05, 3.63) is 12.0 Å². The number of carbonyl (C=O) groups is 1. The summed E-state index contributed by atoms with van der Waals surface area (Å²) in [6.07, 6.45) is 0.849. The Hall–Kier alpha value is -1.19. The van der Waals surface area contributed by atoms with E-state index in [4.69, 9.17) is 10.2 Å². The van der Waals surface area contributed by atoms with Gasteiger partial charge >= 0.3 is 5.97 Å². The largest absolute Gasteiger partial charge is 0.481 e. The first-order chi connectivity index (χ1) is 4.16. The number of aliphatic carboxylic acids is 1. The maximum absolute atomic E-state index is 9.81. The summed E-state index contributed by atoms with van der Waals surface area (Å²) in [6.45, 7) is 0. The van der Waals surface area contributed by atoms with Gasteiger partial charge in [-0.2, -0.15) is 0 Å². The molecular formula is C5H8O4. The van der Waals surface area contributed by atoms with Crippen LogP contribution in [0.5, 0.6) is 0 Å². The van der Waals surface area contributed by atoms with E-state index >= 15 is 0 Å². The molecule has 0 amide bonds. The Balaban J connectivity index is 3.56. The van der Waals surface area contributed by atoms with Gasteiger partial charge in [0.25, 0.3) is 5.95 Å². The summed E-state index contributed by atoms with van der Waals surface area (Å²) in [4.78, 5) is 9.81. The second kappa shape index (κ2) is 3.77. The molecule has 0 fully saturated rings. The lowest BCUT2D eigenvalue weighted by Crippen LogP contribution is -1.92. The Morgan fingerprint density at radius 3 is 2.56 bits per heavy atom. The predicted molar refractivity (Wildman–Crippen MR) is 30.0 cm³/mol. The lowest BCUT2D eigenvalue weighted by atomic mass is 10.4. The van der Waals surface area contributed by atoms with Crippen molar-refractivity contribution < 1.29 is 19.7 Å². The molecule has 9 heavy (non-hydrogen) atoms. The minimum absolute atomic E-state index is 0.223. The predicted octanol–water partition coefficient (Wildman–Crippen LogP) is 0.507. The molecule has 0 radical (unpaired) electrons. The quantitative estimate of drug-likeness (QED) is 0.549. The van der Waals surface area contributed by atoms with Crippen LogP contribution >= 0.6 is 0 Å². The van der Waals surface area contributed by atoms with Crippen LogP contribution in [0.15, 0.2) is 12.0 Å². The molecule has 0 aromatic rings. The zero-order valence-corrected chi connectivity index (χ0v) is 5.00. The van der Waals surface area contributed by atoms with Crippen molar-refractivity contribution in [2.24, 2.45) is 0 Å². The van der Waals surface area contributed by atoms with Crippen LogP contribution in [0, 0.1) is 0 Å². The number of hydrogen-bond acceptors (Lipinski definition) is 3. The summed E-state index contributed by atoms with van der Waals surface area (Å²) in [6, 6.07) is 0. The van der Waals surface area contributed by atoms with Gasteiger partial charge in [-0.1, -0.05) is 0 Å². The molecule has 0 aromatic carbocycles. The minimum atomic E-state index is -1.00. The molecule has 0 aliphatic heterocycles. The molecule has 0 unspecified atom stereocenters. The number of carboxylic acids is 1. The highest BCUT2D eigenvalue weighted by molar-refractivity contribution is 5.68. The summed E-state index contributed by atoms with van der Waals surface area (Å²) in [7, 11) is 1.26. The first kappa shape index (κ1) is 7.81. The molecular weight excluding hydrogens is 124 g/mol. The zero-order valence-electron chi connectivity index (χ0n) is 5.00. The second-order valence-corrected chi connectivity index (χ2v) is 1.34. The summed E-state index contributed by atoms with van der Waals surface area (Å²) >= 11 is 0. The van der Waals surface area contributed by atoms with E-state index in [-0.39, 0.29) is 12.4 Å². The average Bonchev–Trinajstić information content (AvgIpc) is 1.83. The number of methoxy groups -OCH3 is 1. The second-order valence-electron chi connectivity index (χ2n) is 1.34. The number of ether oxygens (including phenoxy) is 1. The standard InChI is InChI=1S/C5H8O4/c1-9-5(8)3-2-4(6)7/h3,8H,2H2,1H3,(H,6,7)/b5-3+. The minimum Gasteiger partial charge on any atom is -0.481 e. The van der Waals surface area contributed by atoms with Crippen molar-refractivity contribution in [2.75, 3.05) is 7.11 Å². The van der Waals surface area contributed by atoms with E-state index in [2.05, 4.69) is 4.74 Å². The normalized spacial score (nSPS) is 11.0. The van der Waals surface area contributed by atoms with Crippen LogP contribution in [0.2, 0.25) is 0 Å². The summed E-state index contributed by atoms with van der Waals surface area (Å²) in [5, 5.41) is 16.5. The third kappa shape index (κ3) is 4.67. The molecule has 0 saturated carbocycles. The first-order valence-corrected chi connectivity index (χ1v) is 2.31. The number of aliphatic hydroxyl groups excluding tert-OH is 1. The van der Waals surface area contributed by atoms with Crippen LogP contribution in [0.1, 0.15) is 6.42 Å². The number of aliphatic hydroxyl groups is 1. The highest BCUT2D eigenvalue weighted by Crippen LogP contribution is 1.90. The van der Waals surface area contributed by atoms with Gasteiger partial charge in [-0.05, 0) is 0 Å². The lowest BCUT2D eigenvalue weighted by Gasteiger charge is -1.92. The zero-order chi connectivity index (χ0) is 7.28. The van der Waals surface area contributed by atoms with Crippen molar-refractivity contribution in [3.63, 3.8) is 0 Å². The van der Waals surface area contributed by atoms with Gasteiger partial charge in [0.2, 0.25) is 0 Å². The first-order valence-electron chi connectivity index (χ1n) is 2.31. The highest BCUT2D eigenvalue weighted by atomic mass is 16.6. The molecule has 0 bridgehead atoms. The third-order valence-corrected chi connectivity index (χ3v) is 0.660. The lowest BCUT2D eigenvalue weighted by molar-refractivity contribution is -0.136. The van der Waals surface area contributed by atoms with Crippen LogP contribution in [-0.4, -0.2) is 23.3 Å². The Bertz CT molecular complexity index is 127. The van der Waals surface area contributed by atoms with Crippen LogP contribution in [0.3, 0.4) is 0 Å². The molecule has 0 heterocycles. The highest BCUT2D eigenvalue weighted by Gasteiger charge is 1.93. The van der Waals surface area contributed by atoms with Crippen molar-refractivity contribution in [1.82, 2.24) is 0 Å². The Morgan fingerprint density at radius 1 is 1.67 bits per heavy atom. The van der Waals surface area contributed by atoms with Gasteiger partial charge in [0.1, 0.15) is 0 Å². The summed E-state index contributed by atoms with van der Waals surface area (Å²) in [5.41, 5.74) is 0. The van der Waals surface area contributed by atoms with Crippen LogP contribution in [0.25, 0.3) is 0 Å². The van der Waals surface area contributed by atoms with Crippen molar-refractivity contribution >= 4 is 5.97 Å². The molecule has 52 valence electrons. The van der Waals surface area contributed by atoms with E-state index in [1.165, 1.54) is 7.11 Å². The van der Waals surface area contributed by atoms with E-state index in [9.17, 15) is 4.79 Å². The van der Waals surface area contributed by atoms with Gasteiger partial charge in [0.05, 0.1) is 13.5 Å². The number of hydrogen-bond donors (Lipinski definition) is 2. The van der Waals surface area contributed by atoms with Gasteiger partial charge in [0, 0.05) is 6.08 Å². The molecule has 0 spiro atoms. The fourth-order valence-electron chi connectivity index (χ4n) is 0.258. The van der Waals surface area contributed by atoms with E-state index in [0.29, 0.717) is 0 Å². The molecule has 4 nitrogen and oxygen atoms in total. The maximum Gasteiger partial charge on any atom is 0.307 e. The molecule has 0 aliphatic carbocycles. The van der Waals surface area contributed by atoms with Crippen LogP contribution < -0.4 is 0 Å². The number of carboxylic acid groups (broad SMARTS) is 1. The van der Waals surface area contributed by atoms with Gasteiger partial charge < -0.3 is 14.9 Å². The topological polar surface area (TPSA) is 66.8 Å². The van der Waals surface area contributed by atoms with Crippen LogP contribution in [-0.2, 0) is 9.53 Å². The molecule has 0 aromatic heterocycles. The average molecular weight is 132 g/mol. The van der Waals surface area contributed by atoms with E-state index in [1.54, 1.807) is 0 Å². The Kier molecular flexibility index (Phi) is 3.27. The monoisotopic (exact) mass is 132 g/mol. The van der Waals surface area contributed by atoms with E-state index < -0.39 is 5.97 Å². The Morgan fingerprint density at radius 2 is 2.22 bits per heavy atom. The molecule has 0 rings (SSSR count). The van der Waals surface area contributed by atoms with Crippen molar-refractivity contribution in [2.45, 2.75) is 6.42 Å². The Labute approximate surface area is 52.4 Å². The van der Waals surface area contributed by atoms with Gasteiger partial charge in [-0.15, -0.1) is 0 Å². The molecule has 0 saturated heterocycles. The fraction of sp³-hybridized carbons (Fsp3) is 0.400. The van der Waals surface area contributed by atoms with Gasteiger partial charge in [-0.3, -0.25) is 4.79 Å². The fourth-order valence-corrected chi connectivity index (χ4v) is 0.258. The molecule has 4 heteroatoms. The molecule has 2 N–H and O–H groups in total. The SMILES string of the molecule is CO/C(O)=C/CC(=O)O. The smallest absolute Gasteiger partial charge is 0.307 e.